The zero-order valence-electron chi connectivity index (χ0n) is 6.46. The van der Waals surface area contributed by atoms with Gasteiger partial charge in [-0.2, -0.15) is 0 Å². The number of hydrogen-bond acceptors (Lipinski definition) is 2. The molecule has 0 saturated carbocycles. The van der Waals surface area contributed by atoms with Crippen LogP contribution in [0, 0.1) is 0 Å². The van der Waals surface area contributed by atoms with Gasteiger partial charge in [0.2, 0.25) is 0 Å². The smallest absolute Gasteiger partial charge is 0.122 e. The molecule has 0 aliphatic rings. The van der Waals surface area contributed by atoms with Crippen LogP contribution in [0.25, 0.3) is 0 Å². The minimum Gasteiger partial charge on any atom is -0.334 e. The van der Waals surface area contributed by atoms with Crippen molar-refractivity contribution in [2.45, 2.75) is 19.9 Å². The van der Waals surface area contributed by atoms with Gasteiger partial charge in [-0.25, -0.2) is 4.98 Å². The lowest BCUT2D eigenvalue weighted by Gasteiger charge is -2.00. The maximum Gasteiger partial charge on any atom is 0.122 e. The summed E-state index contributed by atoms with van der Waals surface area (Å²) in [4.78, 5) is 4.14. The highest BCUT2D eigenvalue weighted by molar-refractivity contribution is 5.03. The number of imidazole rings is 1. The van der Waals surface area contributed by atoms with Crippen LogP contribution in [-0.4, -0.2) is 9.55 Å². The maximum atomic E-state index is 5.44. The van der Waals surface area contributed by atoms with E-state index in [0.29, 0.717) is 6.54 Å². The second-order valence-corrected chi connectivity index (χ2v) is 2.28. The average molecular weight is 139 g/mol. The van der Waals surface area contributed by atoms with Crippen LogP contribution in [0.15, 0.2) is 6.20 Å². The summed E-state index contributed by atoms with van der Waals surface area (Å²) in [7, 11) is 1.99. The molecule has 3 heteroatoms. The van der Waals surface area contributed by atoms with Crippen molar-refractivity contribution in [3.05, 3.63) is 17.7 Å². The Labute approximate surface area is 60.9 Å². The van der Waals surface area contributed by atoms with Crippen LogP contribution < -0.4 is 5.73 Å². The number of aryl methyl sites for hydroxylation is 1. The van der Waals surface area contributed by atoms with E-state index in [9.17, 15) is 0 Å². The maximum absolute atomic E-state index is 5.44. The fraction of sp³-hybridized carbons (Fsp3) is 0.571. The Morgan fingerprint density at radius 1 is 1.70 bits per heavy atom. The summed E-state index contributed by atoms with van der Waals surface area (Å²) in [5.41, 5.74) is 6.67. The number of nitrogens with two attached hydrogens (primary N) is 1. The second kappa shape index (κ2) is 2.84. The Kier molecular flexibility index (Phi) is 2.06. The molecule has 10 heavy (non-hydrogen) atoms. The van der Waals surface area contributed by atoms with Crippen LogP contribution in [0.4, 0.5) is 0 Å². The van der Waals surface area contributed by atoms with Gasteiger partial charge in [0.15, 0.2) is 0 Å². The SMILES string of the molecule is CCc1cnc(CN)n1C. The Hall–Kier alpha value is -0.830. The van der Waals surface area contributed by atoms with Crippen LogP contribution in [0.5, 0.6) is 0 Å². The average Bonchev–Trinajstić information content (AvgIpc) is 2.30. The molecule has 0 unspecified atom stereocenters. The number of hydrogen-bond donors (Lipinski definition) is 1. The highest BCUT2D eigenvalue weighted by atomic mass is 15.1. The first kappa shape index (κ1) is 7.28. The molecule has 0 saturated heterocycles. The molecule has 1 aromatic rings. The summed E-state index contributed by atoms with van der Waals surface area (Å²) < 4.78 is 2.04. The van der Waals surface area contributed by atoms with Gasteiger partial charge < -0.3 is 10.3 Å². The van der Waals surface area contributed by atoms with Gasteiger partial charge in [0.1, 0.15) is 5.82 Å². The third kappa shape index (κ3) is 1.04. The number of aromatic nitrogens is 2. The fourth-order valence-corrected chi connectivity index (χ4v) is 1.01. The summed E-state index contributed by atoms with van der Waals surface area (Å²) in [5, 5.41) is 0. The molecule has 0 amide bonds. The van der Waals surface area contributed by atoms with E-state index in [4.69, 9.17) is 5.73 Å². The second-order valence-electron chi connectivity index (χ2n) is 2.28. The predicted molar refractivity (Wildman–Crippen MR) is 40.5 cm³/mol. The summed E-state index contributed by atoms with van der Waals surface area (Å²) in [6.07, 6.45) is 2.89. The Morgan fingerprint density at radius 2 is 2.40 bits per heavy atom. The first-order valence-corrected chi connectivity index (χ1v) is 3.49. The third-order valence-electron chi connectivity index (χ3n) is 1.73. The molecule has 1 aromatic heterocycles. The molecular weight excluding hydrogens is 126 g/mol. The molecule has 0 atom stereocenters. The van der Waals surface area contributed by atoms with E-state index < -0.39 is 0 Å². The van der Waals surface area contributed by atoms with E-state index in [0.717, 1.165) is 12.2 Å². The van der Waals surface area contributed by atoms with Crippen molar-refractivity contribution in [3.63, 3.8) is 0 Å². The van der Waals surface area contributed by atoms with E-state index in [1.165, 1.54) is 5.69 Å². The lowest BCUT2D eigenvalue weighted by Crippen LogP contribution is -2.06. The molecule has 0 radical (unpaired) electrons. The van der Waals surface area contributed by atoms with Gasteiger partial charge in [0.05, 0.1) is 6.54 Å². The zero-order chi connectivity index (χ0) is 7.56. The van der Waals surface area contributed by atoms with Crippen LogP contribution in [-0.2, 0) is 20.0 Å². The van der Waals surface area contributed by atoms with Gasteiger partial charge in [-0.05, 0) is 6.42 Å². The quantitative estimate of drug-likeness (QED) is 0.646. The Bertz CT molecular complexity index is 193. The normalized spacial score (nSPS) is 10.3. The molecule has 1 rings (SSSR count). The van der Waals surface area contributed by atoms with E-state index in [-0.39, 0.29) is 0 Å². The Balaban J connectivity index is 2.97. The molecule has 1 heterocycles. The van der Waals surface area contributed by atoms with E-state index in [1.54, 1.807) is 0 Å². The first-order valence-electron chi connectivity index (χ1n) is 3.49. The van der Waals surface area contributed by atoms with Gasteiger partial charge in [-0.1, -0.05) is 6.92 Å². The third-order valence-corrected chi connectivity index (χ3v) is 1.73. The van der Waals surface area contributed by atoms with Crippen LogP contribution in [0.2, 0.25) is 0 Å². The van der Waals surface area contributed by atoms with Gasteiger partial charge in [-0.3, -0.25) is 0 Å². The fourth-order valence-electron chi connectivity index (χ4n) is 1.01. The summed E-state index contributed by atoms with van der Waals surface area (Å²) >= 11 is 0. The van der Waals surface area contributed by atoms with Crippen molar-refractivity contribution >= 4 is 0 Å². The van der Waals surface area contributed by atoms with Crippen molar-refractivity contribution in [1.82, 2.24) is 9.55 Å². The predicted octanol–water partition coefficient (Wildman–Crippen LogP) is 0.441. The number of rotatable bonds is 2. The largest absolute Gasteiger partial charge is 0.334 e. The highest BCUT2D eigenvalue weighted by Gasteiger charge is 2.00. The highest BCUT2D eigenvalue weighted by Crippen LogP contribution is 2.01. The van der Waals surface area contributed by atoms with Gasteiger partial charge in [0, 0.05) is 18.9 Å². The summed E-state index contributed by atoms with van der Waals surface area (Å²) in [6.45, 7) is 2.63. The minimum absolute atomic E-state index is 0.524. The van der Waals surface area contributed by atoms with E-state index in [1.807, 2.05) is 17.8 Å². The molecule has 2 N–H and O–H groups in total. The van der Waals surface area contributed by atoms with Crippen LogP contribution in [0.3, 0.4) is 0 Å². The van der Waals surface area contributed by atoms with E-state index in [2.05, 4.69) is 11.9 Å². The lowest BCUT2D eigenvalue weighted by atomic mass is 10.4. The van der Waals surface area contributed by atoms with Gasteiger partial charge >= 0.3 is 0 Å². The minimum atomic E-state index is 0.524. The van der Waals surface area contributed by atoms with Crippen molar-refractivity contribution in [2.24, 2.45) is 12.8 Å². The standard InChI is InChI=1S/C7H13N3/c1-3-6-5-9-7(4-8)10(6)2/h5H,3-4,8H2,1-2H3. The molecule has 56 valence electrons. The molecular formula is C7H13N3. The van der Waals surface area contributed by atoms with Crippen molar-refractivity contribution in [2.75, 3.05) is 0 Å². The van der Waals surface area contributed by atoms with Crippen LogP contribution >= 0.6 is 0 Å². The summed E-state index contributed by atoms with van der Waals surface area (Å²) in [6, 6.07) is 0. The van der Waals surface area contributed by atoms with Gasteiger partial charge in [-0.15, -0.1) is 0 Å². The lowest BCUT2D eigenvalue weighted by molar-refractivity contribution is 0.755. The topological polar surface area (TPSA) is 43.8 Å². The molecule has 0 aliphatic carbocycles. The van der Waals surface area contributed by atoms with E-state index >= 15 is 0 Å². The van der Waals surface area contributed by atoms with Crippen LogP contribution in [0.1, 0.15) is 18.4 Å². The zero-order valence-corrected chi connectivity index (χ0v) is 6.46. The summed E-state index contributed by atoms with van der Waals surface area (Å²) in [5.74, 6) is 0.955. The molecule has 0 fully saturated rings. The number of nitrogens with zero attached hydrogens (tertiary/aromatic N) is 2. The molecule has 3 nitrogen and oxygen atoms in total. The van der Waals surface area contributed by atoms with Crippen molar-refractivity contribution < 1.29 is 0 Å². The Morgan fingerprint density at radius 3 is 2.70 bits per heavy atom. The van der Waals surface area contributed by atoms with Crippen molar-refractivity contribution in [3.8, 4) is 0 Å². The first-order chi connectivity index (χ1) is 4.79. The molecule has 0 spiro atoms. The monoisotopic (exact) mass is 139 g/mol. The molecule has 0 bridgehead atoms. The molecule has 0 aliphatic heterocycles. The van der Waals surface area contributed by atoms with Crippen molar-refractivity contribution in [1.29, 1.82) is 0 Å². The van der Waals surface area contributed by atoms with Gasteiger partial charge in [0.25, 0.3) is 0 Å². The molecule has 0 aromatic carbocycles.